The predicted octanol–water partition coefficient (Wildman–Crippen LogP) is 3.82. The number of carbonyl (C=O) groups is 2. The molecule has 0 radical (unpaired) electrons. The fourth-order valence-electron chi connectivity index (χ4n) is 2.07. The lowest BCUT2D eigenvalue weighted by Gasteiger charge is -2.16. The first-order valence-electron chi connectivity index (χ1n) is 7.45. The predicted molar refractivity (Wildman–Crippen MR) is 95.6 cm³/mol. The van der Waals surface area contributed by atoms with E-state index < -0.39 is 18.0 Å². The van der Waals surface area contributed by atoms with E-state index in [1.807, 2.05) is 6.07 Å². The van der Waals surface area contributed by atoms with Gasteiger partial charge in [-0.15, -0.1) is 0 Å². The second-order valence-corrected chi connectivity index (χ2v) is 6.05. The average molecular weight is 403 g/mol. The highest BCUT2D eigenvalue weighted by atomic mass is 79.9. The maximum absolute atomic E-state index is 12.6. The molecule has 0 aromatic heterocycles. The molecule has 0 aliphatic carbocycles. The molecule has 25 heavy (non-hydrogen) atoms. The SMILES string of the molecule is CCC(Oc1ccc(Br)cc1C(=O)Nc1ccc(C#N)cc1)C(=O)O. The van der Waals surface area contributed by atoms with Crippen LogP contribution in [0.4, 0.5) is 5.69 Å². The molecule has 2 N–H and O–H groups in total. The van der Waals surface area contributed by atoms with Crippen molar-refractivity contribution < 1.29 is 19.4 Å². The third kappa shape index (κ3) is 4.81. The van der Waals surface area contributed by atoms with Crippen LogP contribution in [0, 0.1) is 11.3 Å². The van der Waals surface area contributed by atoms with Gasteiger partial charge in [0.05, 0.1) is 17.2 Å². The van der Waals surface area contributed by atoms with Crippen molar-refractivity contribution in [2.75, 3.05) is 5.32 Å². The van der Waals surface area contributed by atoms with Crippen molar-refractivity contribution in [3.8, 4) is 11.8 Å². The maximum Gasteiger partial charge on any atom is 0.344 e. The first kappa shape index (κ1) is 18.5. The van der Waals surface area contributed by atoms with Crippen LogP contribution in [0.25, 0.3) is 0 Å². The number of ether oxygens (including phenoxy) is 1. The number of rotatable bonds is 6. The van der Waals surface area contributed by atoms with Gasteiger partial charge in [-0.3, -0.25) is 4.79 Å². The van der Waals surface area contributed by atoms with Crippen molar-refractivity contribution >= 4 is 33.5 Å². The largest absolute Gasteiger partial charge is 0.479 e. The number of halogens is 1. The molecule has 1 unspecified atom stereocenters. The number of carboxylic acids is 1. The topological polar surface area (TPSA) is 99.4 Å². The third-order valence-electron chi connectivity index (χ3n) is 3.37. The van der Waals surface area contributed by atoms with Crippen LogP contribution in [0.2, 0.25) is 0 Å². The minimum Gasteiger partial charge on any atom is -0.479 e. The second kappa shape index (κ2) is 8.31. The van der Waals surface area contributed by atoms with E-state index in [2.05, 4.69) is 21.2 Å². The Labute approximate surface area is 153 Å². The molecule has 0 saturated carbocycles. The van der Waals surface area contributed by atoms with E-state index in [9.17, 15) is 9.59 Å². The van der Waals surface area contributed by atoms with Crippen LogP contribution in [0.5, 0.6) is 5.75 Å². The van der Waals surface area contributed by atoms with Crippen LogP contribution >= 0.6 is 15.9 Å². The number of amides is 1. The number of hydrogen-bond acceptors (Lipinski definition) is 4. The highest BCUT2D eigenvalue weighted by molar-refractivity contribution is 9.10. The van der Waals surface area contributed by atoms with Crippen molar-refractivity contribution in [2.24, 2.45) is 0 Å². The smallest absolute Gasteiger partial charge is 0.344 e. The molecule has 1 amide bonds. The van der Waals surface area contributed by atoms with E-state index >= 15 is 0 Å². The van der Waals surface area contributed by atoms with Gasteiger partial charge in [-0.1, -0.05) is 22.9 Å². The Hall–Kier alpha value is -2.85. The molecule has 0 bridgehead atoms. The Bertz CT molecular complexity index is 828. The van der Waals surface area contributed by atoms with Crippen LogP contribution in [0.3, 0.4) is 0 Å². The Morgan fingerprint density at radius 1 is 1.28 bits per heavy atom. The number of carbonyl (C=O) groups excluding carboxylic acids is 1. The summed E-state index contributed by atoms with van der Waals surface area (Å²) in [5.41, 5.74) is 1.20. The van der Waals surface area contributed by atoms with E-state index in [-0.39, 0.29) is 17.7 Å². The zero-order chi connectivity index (χ0) is 18.4. The van der Waals surface area contributed by atoms with Crippen LogP contribution in [0.1, 0.15) is 29.3 Å². The van der Waals surface area contributed by atoms with Gasteiger partial charge < -0.3 is 15.2 Å². The summed E-state index contributed by atoms with van der Waals surface area (Å²) in [6.07, 6.45) is -0.773. The first-order chi connectivity index (χ1) is 11.9. The third-order valence-corrected chi connectivity index (χ3v) is 3.87. The number of aliphatic carboxylic acids is 1. The Balaban J connectivity index is 2.26. The summed E-state index contributed by atoms with van der Waals surface area (Å²) in [6.45, 7) is 1.69. The summed E-state index contributed by atoms with van der Waals surface area (Å²) in [7, 11) is 0. The van der Waals surface area contributed by atoms with Crippen LogP contribution in [-0.4, -0.2) is 23.1 Å². The molecular formula is C18H15BrN2O4. The van der Waals surface area contributed by atoms with Gasteiger partial charge in [0.1, 0.15) is 5.75 Å². The van der Waals surface area contributed by atoms with E-state index in [1.54, 1.807) is 49.4 Å². The van der Waals surface area contributed by atoms with Gasteiger partial charge in [0.2, 0.25) is 0 Å². The molecule has 2 aromatic rings. The number of nitriles is 1. The van der Waals surface area contributed by atoms with E-state index in [4.69, 9.17) is 15.1 Å². The van der Waals surface area contributed by atoms with Crippen molar-refractivity contribution in [3.63, 3.8) is 0 Å². The van der Waals surface area contributed by atoms with Crippen molar-refractivity contribution in [1.29, 1.82) is 5.26 Å². The molecular weight excluding hydrogens is 388 g/mol. The summed E-state index contributed by atoms with van der Waals surface area (Å²) in [5.74, 6) is -1.35. The van der Waals surface area contributed by atoms with Crippen molar-refractivity contribution in [2.45, 2.75) is 19.4 Å². The van der Waals surface area contributed by atoms with Crippen LogP contribution in [-0.2, 0) is 4.79 Å². The van der Waals surface area contributed by atoms with Gasteiger partial charge in [0.15, 0.2) is 6.10 Å². The molecule has 0 fully saturated rings. The van der Waals surface area contributed by atoms with E-state index in [0.717, 1.165) is 0 Å². The van der Waals surface area contributed by atoms with Gasteiger partial charge in [-0.05, 0) is 48.9 Å². The van der Waals surface area contributed by atoms with Crippen LogP contribution in [0.15, 0.2) is 46.9 Å². The van der Waals surface area contributed by atoms with E-state index in [1.165, 1.54) is 0 Å². The monoisotopic (exact) mass is 402 g/mol. The summed E-state index contributed by atoms with van der Waals surface area (Å²) < 4.78 is 6.14. The lowest BCUT2D eigenvalue weighted by molar-refractivity contribution is -0.145. The zero-order valence-corrected chi connectivity index (χ0v) is 14.9. The van der Waals surface area contributed by atoms with Crippen molar-refractivity contribution in [1.82, 2.24) is 0 Å². The lowest BCUT2D eigenvalue weighted by Crippen LogP contribution is -2.27. The molecule has 7 heteroatoms. The van der Waals surface area contributed by atoms with Gasteiger partial charge in [-0.25, -0.2) is 4.79 Å². The molecule has 6 nitrogen and oxygen atoms in total. The molecule has 0 heterocycles. The molecule has 0 spiro atoms. The van der Waals surface area contributed by atoms with Gasteiger partial charge in [-0.2, -0.15) is 5.26 Å². The maximum atomic E-state index is 12.6. The second-order valence-electron chi connectivity index (χ2n) is 5.14. The molecule has 1 atom stereocenters. The number of nitrogens with zero attached hydrogens (tertiary/aromatic N) is 1. The average Bonchev–Trinajstić information content (AvgIpc) is 2.60. The van der Waals surface area contributed by atoms with Gasteiger partial charge in [0, 0.05) is 10.2 Å². The van der Waals surface area contributed by atoms with Gasteiger partial charge in [0.25, 0.3) is 5.91 Å². The number of carboxylic acid groups (broad SMARTS) is 1. The Kier molecular flexibility index (Phi) is 6.14. The molecule has 0 aliphatic heterocycles. The molecule has 2 aromatic carbocycles. The number of hydrogen-bond donors (Lipinski definition) is 2. The molecule has 0 saturated heterocycles. The highest BCUT2D eigenvalue weighted by Crippen LogP contribution is 2.26. The molecule has 128 valence electrons. The quantitative estimate of drug-likeness (QED) is 0.764. The van der Waals surface area contributed by atoms with Crippen molar-refractivity contribution in [3.05, 3.63) is 58.1 Å². The summed E-state index contributed by atoms with van der Waals surface area (Å²) in [6, 6.07) is 13.2. The number of anilines is 1. The number of benzene rings is 2. The summed E-state index contributed by atoms with van der Waals surface area (Å²) in [5, 5.41) is 20.6. The fraction of sp³-hybridized carbons (Fsp3) is 0.167. The Morgan fingerprint density at radius 3 is 2.52 bits per heavy atom. The zero-order valence-electron chi connectivity index (χ0n) is 13.3. The Morgan fingerprint density at radius 2 is 1.96 bits per heavy atom. The first-order valence-corrected chi connectivity index (χ1v) is 8.24. The standard InChI is InChI=1S/C18H15BrN2O4/c1-2-15(18(23)24)25-16-8-5-12(19)9-14(16)17(22)21-13-6-3-11(10-20)4-7-13/h3-9,15H,2H2,1H3,(H,21,22)(H,23,24). The van der Waals surface area contributed by atoms with E-state index in [0.29, 0.717) is 15.7 Å². The number of nitrogens with one attached hydrogen (secondary N) is 1. The van der Waals surface area contributed by atoms with Crippen LogP contribution < -0.4 is 10.1 Å². The molecule has 2 rings (SSSR count). The normalized spacial score (nSPS) is 11.2. The minimum absolute atomic E-state index is 0.184. The fourth-order valence-corrected chi connectivity index (χ4v) is 2.43. The summed E-state index contributed by atoms with van der Waals surface area (Å²) >= 11 is 3.29. The summed E-state index contributed by atoms with van der Waals surface area (Å²) in [4.78, 5) is 23.7. The minimum atomic E-state index is -1.09. The highest BCUT2D eigenvalue weighted by Gasteiger charge is 2.21. The molecule has 0 aliphatic rings. The van der Waals surface area contributed by atoms with Gasteiger partial charge >= 0.3 is 5.97 Å². The lowest BCUT2D eigenvalue weighted by atomic mass is 10.1.